The lowest BCUT2D eigenvalue weighted by molar-refractivity contribution is 0.154. The van der Waals surface area contributed by atoms with Crippen molar-refractivity contribution in [2.75, 3.05) is 26.3 Å². The van der Waals surface area contributed by atoms with Gasteiger partial charge in [0.05, 0.1) is 12.6 Å². The first-order valence-electron chi connectivity index (χ1n) is 7.34. The second-order valence-corrected chi connectivity index (χ2v) is 5.87. The normalized spacial score (nSPS) is 20.9. The SMILES string of the molecule is CC(C)CC(CCO)CNC(=O)N1CCCC1CO. The van der Waals surface area contributed by atoms with E-state index in [0.29, 0.717) is 18.4 Å². The van der Waals surface area contributed by atoms with Gasteiger partial charge in [-0.2, -0.15) is 0 Å². The van der Waals surface area contributed by atoms with Gasteiger partial charge >= 0.3 is 6.03 Å². The second-order valence-electron chi connectivity index (χ2n) is 5.87. The number of hydrogen-bond donors (Lipinski definition) is 3. The van der Waals surface area contributed by atoms with Crippen molar-refractivity contribution < 1.29 is 15.0 Å². The first-order valence-corrected chi connectivity index (χ1v) is 7.34. The molecule has 5 heteroatoms. The van der Waals surface area contributed by atoms with Crippen LogP contribution in [0.1, 0.15) is 39.5 Å². The van der Waals surface area contributed by atoms with Crippen molar-refractivity contribution in [1.82, 2.24) is 10.2 Å². The quantitative estimate of drug-likeness (QED) is 0.652. The lowest BCUT2D eigenvalue weighted by atomic mass is 9.94. The van der Waals surface area contributed by atoms with Crippen molar-refractivity contribution in [3.05, 3.63) is 0 Å². The Morgan fingerprint density at radius 2 is 2.16 bits per heavy atom. The van der Waals surface area contributed by atoms with Crippen molar-refractivity contribution in [2.24, 2.45) is 11.8 Å². The number of likely N-dealkylation sites (tertiary alicyclic amines) is 1. The van der Waals surface area contributed by atoms with Gasteiger partial charge in [0.25, 0.3) is 0 Å². The van der Waals surface area contributed by atoms with Crippen molar-refractivity contribution in [3.63, 3.8) is 0 Å². The van der Waals surface area contributed by atoms with Gasteiger partial charge in [0.1, 0.15) is 0 Å². The molecule has 1 saturated heterocycles. The minimum absolute atomic E-state index is 0.0265. The highest BCUT2D eigenvalue weighted by atomic mass is 16.3. The monoisotopic (exact) mass is 272 g/mol. The van der Waals surface area contributed by atoms with Gasteiger partial charge in [-0.1, -0.05) is 13.8 Å². The molecule has 2 amide bonds. The zero-order chi connectivity index (χ0) is 14.3. The van der Waals surface area contributed by atoms with E-state index < -0.39 is 0 Å². The molecule has 2 atom stereocenters. The van der Waals surface area contributed by atoms with Crippen molar-refractivity contribution in [1.29, 1.82) is 0 Å². The van der Waals surface area contributed by atoms with E-state index in [9.17, 15) is 9.90 Å². The van der Waals surface area contributed by atoms with E-state index in [1.54, 1.807) is 4.90 Å². The van der Waals surface area contributed by atoms with Crippen LogP contribution in [0.25, 0.3) is 0 Å². The second kappa shape index (κ2) is 8.38. The summed E-state index contributed by atoms with van der Waals surface area (Å²) in [6.07, 6.45) is 3.58. The van der Waals surface area contributed by atoms with Crippen molar-refractivity contribution in [3.8, 4) is 0 Å². The van der Waals surface area contributed by atoms with E-state index in [0.717, 1.165) is 32.2 Å². The van der Waals surface area contributed by atoms with Gasteiger partial charge in [-0.25, -0.2) is 4.79 Å². The van der Waals surface area contributed by atoms with Gasteiger partial charge in [-0.15, -0.1) is 0 Å². The Labute approximate surface area is 116 Å². The fourth-order valence-corrected chi connectivity index (χ4v) is 2.78. The van der Waals surface area contributed by atoms with Crippen LogP contribution in [0.15, 0.2) is 0 Å². The Bertz CT molecular complexity index is 271. The molecule has 0 bridgehead atoms. The molecule has 0 aromatic heterocycles. The summed E-state index contributed by atoms with van der Waals surface area (Å²) in [5.74, 6) is 0.884. The van der Waals surface area contributed by atoms with Gasteiger partial charge in [-0.05, 0) is 37.5 Å². The van der Waals surface area contributed by atoms with Crippen molar-refractivity contribution >= 4 is 6.03 Å². The van der Waals surface area contributed by atoms with Crippen LogP contribution in [0.5, 0.6) is 0 Å². The Balaban J connectivity index is 2.38. The fourth-order valence-electron chi connectivity index (χ4n) is 2.78. The molecule has 2 unspecified atom stereocenters. The van der Waals surface area contributed by atoms with E-state index in [4.69, 9.17) is 5.11 Å². The summed E-state index contributed by atoms with van der Waals surface area (Å²) in [6, 6.07) is -0.107. The molecule has 112 valence electrons. The molecule has 0 aliphatic carbocycles. The first-order chi connectivity index (χ1) is 9.08. The predicted octanol–water partition coefficient (Wildman–Crippen LogP) is 1.20. The minimum Gasteiger partial charge on any atom is -0.396 e. The van der Waals surface area contributed by atoms with Crippen LogP contribution in [0, 0.1) is 11.8 Å². The molecule has 19 heavy (non-hydrogen) atoms. The van der Waals surface area contributed by atoms with Gasteiger partial charge in [0.2, 0.25) is 0 Å². The number of urea groups is 1. The van der Waals surface area contributed by atoms with Gasteiger partial charge in [0, 0.05) is 19.7 Å². The lowest BCUT2D eigenvalue weighted by Gasteiger charge is -2.25. The lowest BCUT2D eigenvalue weighted by Crippen LogP contribution is -2.45. The molecule has 0 aromatic rings. The summed E-state index contributed by atoms with van der Waals surface area (Å²) in [6.45, 7) is 5.83. The standard InChI is InChI=1S/C14H28N2O3/c1-11(2)8-12(5-7-17)9-15-14(19)16-6-3-4-13(16)10-18/h11-13,17-18H,3-10H2,1-2H3,(H,15,19). The number of aliphatic hydroxyl groups excluding tert-OH is 2. The van der Waals surface area contributed by atoms with Crippen LogP contribution in [-0.2, 0) is 0 Å². The fraction of sp³-hybridized carbons (Fsp3) is 0.929. The molecule has 0 aromatic carbocycles. The summed E-state index contributed by atoms with van der Waals surface area (Å²) in [7, 11) is 0. The number of rotatable bonds is 7. The van der Waals surface area contributed by atoms with E-state index in [1.165, 1.54) is 0 Å². The molecule has 1 rings (SSSR count). The topological polar surface area (TPSA) is 72.8 Å². The zero-order valence-corrected chi connectivity index (χ0v) is 12.1. The molecule has 0 saturated carbocycles. The van der Waals surface area contributed by atoms with Crippen LogP contribution >= 0.6 is 0 Å². The molecule has 1 aliphatic rings. The Hall–Kier alpha value is -0.810. The Morgan fingerprint density at radius 3 is 2.74 bits per heavy atom. The molecule has 5 nitrogen and oxygen atoms in total. The first kappa shape index (κ1) is 16.2. The molecule has 3 N–H and O–H groups in total. The van der Waals surface area contributed by atoms with Gasteiger partial charge in [-0.3, -0.25) is 0 Å². The molecular formula is C14H28N2O3. The molecule has 1 aliphatic heterocycles. The maximum Gasteiger partial charge on any atom is 0.317 e. The molecule has 1 fully saturated rings. The van der Waals surface area contributed by atoms with Crippen molar-refractivity contribution in [2.45, 2.75) is 45.6 Å². The number of hydrogen-bond acceptors (Lipinski definition) is 3. The summed E-state index contributed by atoms with van der Waals surface area (Å²) >= 11 is 0. The van der Waals surface area contributed by atoms with Crippen LogP contribution in [0.2, 0.25) is 0 Å². The number of aliphatic hydroxyl groups is 2. The van der Waals surface area contributed by atoms with Crippen LogP contribution in [0.3, 0.4) is 0 Å². The number of nitrogens with zero attached hydrogens (tertiary/aromatic N) is 1. The average Bonchev–Trinajstić information content (AvgIpc) is 2.83. The summed E-state index contributed by atoms with van der Waals surface area (Å²) in [5, 5.41) is 21.2. The summed E-state index contributed by atoms with van der Waals surface area (Å²) in [4.78, 5) is 13.8. The third kappa shape index (κ3) is 5.37. The highest BCUT2D eigenvalue weighted by Gasteiger charge is 2.28. The van der Waals surface area contributed by atoms with E-state index in [-0.39, 0.29) is 25.3 Å². The van der Waals surface area contributed by atoms with E-state index >= 15 is 0 Å². The number of amides is 2. The molecule has 0 spiro atoms. The molecule has 0 radical (unpaired) electrons. The molecule has 1 heterocycles. The third-order valence-corrected chi connectivity index (χ3v) is 3.73. The average molecular weight is 272 g/mol. The minimum atomic E-state index is -0.0803. The van der Waals surface area contributed by atoms with E-state index in [2.05, 4.69) is 19.2 Å². The Kier molecular flexibility index (Phi) is 7.16. The highest BCUT2D eigenvalue weighted by Crippen LogP contribution is 2.17. The van der Waals surface area contributed by atoms with Crippen LogP contribution < -0.4 is 5.32 Å². The van der Waals surface area contributed by atoms with Gasteiger partial charge in [0.15, 0.2) is 0 Å². The predicted molar refractivity (Wildman–Crippen MR) is 74.9 cm³/mol. The van der Waals surface area contributed by atoms with E-state index in [1.807, 2.05) is 0 Å². The highest BCUT2D eigenvalue weighted by molar-refractivity contribution is 5.74. The van der Waals surface area contributed by atoms with Crippen LogP contribution in [-0.4, -0.2) is 53.5 Å². The zero-order valence-electron chi connectivity index (χ0n) is 12.1. The largest absolute Gasteiger partial charge is 0.396 e. The smallest absolute Gasteiger partial charge is 0.317 e. The van der Waals surface area contributed by atoms with Gasteiger partial charge < -0.3 is 20.4 Å². The maximum atomic E-state index is 12.1. The third-order valence-electron chi connectivity index (χ3n) is 3.73. The maximum absolute atomic E-state index is 12.1. The Morgan fingerprint density at radius 1 is 1.42 bits per heavy atom. The number of carbonyl (C=O) groups is 1. The number of carbonyl (C=O) groups excluding carboxylic acids is 1. The number of nitrogens with one attached hydrogen (secondary N) is 1. The summed E-state index contributed by atoms with van der Waals surface area (Å²) in [5.41, 5.74) is 0. The summed E-state index contributed by atoms with van der Waals surface area (Å²) < 4.78 is 0. The molecular weight excluding hydrogens is 244 g/mol. The van der Waals surface area contributed by atoms with Crippen LogP contribution in [0.4, 0.5) is 4.79 Å².